The van der Waals surface area contributed by atoms with Gasteiger partial charge in [0.05, 0.1) is 12.8 Å². The monoisotopic (exact) mass is 458 g/mol. The fourth-order valence-corrected chi connectivity index (χ4v) is 3.22. The van der Waals surface area contributed by atoms with E-state index in [1.165, 1.54) is 24.9 Å². The molecule has 1 unspecified atom stereocenters. The number of halogens is 1. The number of nitrogens with zero attached hydrogens (tertiary/aromatic N) is 2. The smallest absolute Gasteiger partial charge is 0.191 e. The SMILES string of the molecule is CCNC(=NCC1CCN(c2ccccc2OC)C1)NCC1CC1.I. The molecule has 0 amide bonds. The van der Waals surface area contributed by atoms with E-state index in [4.69, 9.17) is 9.73 Å². The van der Waals surface area contributed by atoms with E-state index in [1.807, 2.05) is 12.1 Å². The van der Waals surface area contributed by atoms with Gasteiger partial charge >= 0.3 is 0 Å². The zero-order valence-corrected chi connectivity index (χ0v) is 17.7. The molecule has 1 aliphatic heterocycles. The van der Waals surface area contributed by atoms with Crippen molar-refractivity contribution in [1.82, 2.24) is 10.6 Å². The van der Waals surface area contributed by atoms with Gasteiger partial charge in [-0.2, -0.15) is 0 Å². The number of methoxy groups -OCH3 is 1. The summed E-state index contributed by atoms with van der Waals surface area (Å²) < 4.78 is 5.49. The van der Waals surface area contributed by atoms with Crippen molar-refractivity contribution in [2.75, 3.05) is 44.7 Å². The Labute approximate surface area is 168 Å². The van der Waals surface area contributed by atoms with Crippen LogP contribution in [0.15, 0.2) is 29.3 Å². The molecule has 2 N–H and O–H groups in total. The molecule has 3 rings (SSSR count). The summed E-state index contributed by atoms with van der Waals surface area (Å²) in [5.74, 6) is 3.40. The fourth-order valence-electron chi connectivity index (χ4n) is 3.22. The van der Waals surface area contributed by atoms with E-state index in [-0.39, 0.29) is 24.0 Å². The molecule has 140 valence electrons. The third kappa shape index (κ3) is 5.94. The lowest BCUT2D eigenvalue weighted by atomic mass is 10.1. The summed E-state index contributed by atoms with van der Waals surface area (Å²) in [5, 5.41) is 6.83. The highest BCUT2D eigenvalue weighted by Gasteiger charge is 2.25. The molecule has 25 heavy (non-hydrogen) atoms. The van der Waals surface area contributed by atoms with Crippen molar-refractivity contribution >= 4 is 35.6 Å². The number of guanidine groups is 1. The number of para-hydroxylation sites is 2. The zero-order chi connectivity index (χ0) is 16.8. The molecular weight excluding hydrogens is 427 g/mol. The summed E-state index contributed by atoms with van der Waals surface area (Å²) in [4.78, 5) is 7.22. The summed E-state index contributed by atoms with van der Waals surface area (Å²) in [6.45, 7) is 7.09. The van der Waals surface area contributed by atoms with Crippen LogP contribution in [0.25, 0.3) is 0 Å². The van der Waals surface area contributed by atoms with E-state index >= 15 is 0 Å². The van der Waals surface area contributed by atoms with Gasteiger partial charge < -0.3 is 20.3 Å². The fraction of sp³-hybridized carbons (Fsp3) is 0.632. The molecule has 1 saturated heterocycles. The molecule has 1 atom stereocenters. The van der Waals surface area contributed by atoms with E-state index in [2.05, 4.69) is 34.6 Å². The highest BCUT2D eigenvalue weighted by Crippen LogP contribution is 2.32. The number of nitrogens with one attached hydrogen (secondary N) is 2. The molecule has 0 spiro atoms. The normalized spacial score (nSPS) is 20.2. The molecule has 0 bridgehead atoms. The molecule has 0 radical (unpaired) electrons. The molecule has 5 nitrogen and oxygen atoms in total. The highest BCUT2D eigenvalue weighted by atomic mass is 127. The third-order valence-electron chi connectivity index (χ3n) is 4.82. The van der Waals surface area contributed by atoms with Gasteiger partial charge in [0, 0.05) is 32.7 Å². The van der Waals surface area contributed by atoms with Crippen molar-refractivity contribution in [2.24, 2.45) is 16.8 Å². The van der Waals surface area contributed by atoms with Crippen molar-refractivity contribution < 1.29 is 4.74 Å². The molecule has 1 saturated carbocycles. The third-order valence-corrected chi connectivity index (χ3v) is 4.82. The van der Waals surface area contributed by atoms with Gasteiger partial charge in [0.1, 0.15) is 5.75 Å². The first-order valence-electron chi connectivity index (χ1n) is 9.20. The minimum atomic E-state index is 0. The number of hydrogen-bond donors (Lipinski definition) is 2. The van der Waals surface area contributed by atoms with Crippen molar-refractivity contribution in [3.8, 4) is 5.75 Å². The predicted octanol–water partition coefficient (Wildman–Crippen LogP) is 3.10. The van der Waals surface area contributed by atoms with E-state index in [0.717, 1.165) is 50.4 Å². The van der Waals surface area contributed by atoms with Crippen LogP contribution in [0.2, 0.25) is 0 Å². The maximum absolute atomic E-state index is 5.49. The molecule has 1 heterocycles. The van der Waals surface area contributed by atoms with Gasteiger partial charge in [-0.25, -0.2) is 0 Å². The maximum Gasteiger partial charge on any atom is 0.191 e. The summed E-state index contributed by atoms with van der Waals surface area (Å²) in [6, 6.07) is 8.28. The maximum atomic E-state index is 5.49. The summed E-state index contributed by atoms with van der Waals surface area (Å²) in [5.41, 5.74) is 1.20. The Bertz CT molecular complexity index is 562. The van der Waals surface area contributed by atoms with E-state index in [1.54, 1.807) is 7.11 Å². The second-order valence-corrected chi connectivity index (χ2v) is 6.82. The largest absolute Gasteiger partial charge is 0.495 e. The highest BCUT2D eigenvalue weighted by molar-refractivity contribution is 14.0. The van der Waals surface area contributed by atoms with E-state index in [0.29, 0.717) is 5.92 Å². The van der Waals surface area contributed by atoms with Crippen molar-refractivity contribution in [3.63, 3.8) is 0 Å². The lowest BCUT2D eigenvalue weighted by Gasteiger charge is -2.21. The summed E-state index contributed by atoms with van der Waals surface area (Å²) >= 11 is 0. The zero-order valence-electron chi connectivity index (χ0n) is 15.3. The first kappa shape index (κ1) is 20.1. The van der Waals surface area contributed by atoms with Crippen LogP contribution in [0.4, 0.5) is 5.69 Å². The summed E-state index contributed by atoms with van der Waals surface area (Å²) in [6.07, 6.45) is 3.91. The van der Waals surface area contributed by atoms with Gasteiger partial charge in [-0.05, 0) is 50.2 Å². The molecule has 2 aliphatic rings. The Morgan fingerprint density at radius 3 is 2.72 bits per heavy atom. The lowest BCUT2D eigenvalue weighted by molar-refractivity contribution is 0.414. The standard InChI is InChI=1S/C19H30N4O.HI/c1-3-20-19(21-12-15-8-9-15)22-13-16-10-11-23(14-16)17-6-4-5-7-18(17)24-2;/h4-7,15-16H,3,8-14H2,1-2H3,(H2,20,21,22);1H. The Morgan fingerprint density at radius 2 is 2.00 bits per heavy atom. The first-order valence-corrected chi connectivity index (χ1v) is 9.20. The average Bonchev–Trinajstić information content (AvgIpc) is 3.33. The molecule has 1 aliphatic carbocycles. The van der Waals surface area contributed by atoms with Gasteiger partial charge in [0.2, 0.25) is 0 Å². The first-order chi connectivity index (χ1) is 11.8. The quantitative estimate of drug-likeness (QED) is 0.375. The van der Waals surface area contributed by atoms with Crippen LogP contribution in [0, 0.1) is 11.8 Å². The van der Waals surface area contributed by atoms with Crippen LogP contribution in [-0.4, -0.2) is 45.8 Å². The lowest BCUT2D eigenvalue weighted by Crippen LogP contribution is -2.38. The van der Waals surface area contributed by atoms with Gasteiger partial charge in [0.25, 0.3) is 0 Å². The predicted molar refractivity (Wildman–Crippen MR) is 115 cm³/mol. The number of ether oxygens (including phenoxy) is 1. The van der Waals surface area contributed by atoms with Gasteiger partial charge in [-0.1, -0.05) is 12.1 Å². The Balaban J connectivity index is 0.00000225. The van der Waals surface area contributed by atoms with Crippen LogP contribution in [0.3, 0.4) is 0 Å². The Kier molecular flexibility index (Phi) is 8.12. The number of benzene rings is 1. The Hall–Kier alpha value is -1.18. The second-order valence-electron chi connectivity index (χ2n) is 6.82. The van der Waals surface area contributed by atoms with E-state index < -0.39 is 0 Å². The van der Waals surface area contributed by atoms with E-state index in [9.17, 15) is 0 Å². The molecule has 2 fully saturated rings. The summed E-state index contributed by atoms with van der Waals surface area (Å²) in [7, 11) is 1.74. The van der Waals surface area contributed by atoms with Gasteiger partial charge in [-0.15, -0.1) is 24.0 Å². The van der Waals surface area contributed by atoms with Crippen LogP contribution < -0.4 is 20.3 Å². The molecule has 6 heteroatoms. The molecule has 1 aromatic carbocycles. The molecule has 0 aromatic heterocycles. The molecule has 1 aromatic rings. The second kappa shape index (κ2) is 10.1. The van der Waals surface area contributed by atoms with Crippen LogP contribution >= 0.6 is 24.0 Å². The number of rotatable bonds is 7. The number of aliphatic imine (C=N–C) groups is 1. The molecular formula is C19H31IN4O. The van der Waals surface area contributed by atoms with Crippen molar-refractivity contribution in [2.45, 2.75) is 26.2 Å². The Morgan fingerprint density at radius 1 is 1.20 bits per heavy atom. The van der Waals surface area contributed by atoms with Gasteiger partial charge in [-0.3, -0.25) is 4.99 Å². The van der Waals surface area contributed by atoms with Crippen LogP contribution in [0.1, 0.15) is 26.2 Å². The number of anilines is 1. The van der Waals surface area contributed by atoms with Crippen LogP contribution in [0.5, 0.6) is 5.75 Å². The van der Waals surface area contributed by atoms with Crippen molar-refractivity contribution in [3.05, 3.63) is 24.3 Å². The van der Waals surface area contributed by atoms with Gasteiger partial charge in [0.15, 0.2) is 5.96 Å². The topological polar surface area (TPSA) is 48.9 Å². The van der Waals surface area contributed by atoms with Crippen LogP contribution in [-0.2, 0) is 0 Å². The minimum Gasteiger partial charge on any atom is -0.495 e. The van der Waals surface area contributed by atoms with Crippen molar-refractivity contribution in [1.29, 1.82) is 0 Å². The minimum absolute atomic E-state index is 0. The number of hydrogen-bond acceptors (Lipinski definition) is 3. The average molecular weight is 458 g/mol.